The topological polar surface area (TPSA) is 114 Å². The van der Waals surface area contributed by atoms with Crippen molar-refractivity contribution in [2.75, 3.05) is 5.32 Å². The van der Waals surface area contributed by atoms with E-state index in [4.69, 9.17) is 5.73 Å². The van der Waals surface area contributed by atoms with Crippen molar-refractivity contribution in [3.05, 3.63) is 42.9 Å². The van der Waals surface area contributed by atoms with Gasteiger partial charge in [0.1, 0.15) is 11.5 Å². The summed E-state index contributed by atoms with van der Waals surface area (Å²) in [5, 5.41) is 10.7. The third-order valence-corrected chi connectivity index (χ3v) is 3.77. The average Bonchev–Trinajstić information content (AvgIpc) is 3.18. The lowest BCUT2D eigenvalue weighted by molar-refractivity contribution is -0.117. The summed E-state index contributed by atoms with van der Waals surface area (Å²) in [7, 11) is 0. The average molecular weight is 321 g/mol. The largest absolute Gasteiger partial charge is 0.320 e. The molecular formula is C16H15N7O. The highest BCUT2D eigenvalue weighted by Crippen LogP contribution is 2.30. The first kappa shape index (κ1) is 14.3. The van der Waals surface area contributed by atoms with Gasteiger partial charge >= 0.3 is 0 Å². The molecule has 120 valence electrons. The second-order valence-electron chi connectivity index (χ2n) is 5.55. The number of carbonyl (C=O) groups excluding carboxylic acids is 1. The van der Waals surface area contributed by atoms with E-state index in [9.17, 15) is 4.79 Å². The van der Waals surface area contributed by atoms with Gasteiger partial charge in [0.2, 0.25) is 11.7 Å². The molecule has 0 bridgehead atoms. The predicted octanol–water partition coefficient (Wildman–Crippen LogP) is 1.56. The number of nitrogens with two attached hydrogens (primary N) is 1. The third kappa shape index (κ3) is 2.29. The molecule has 1 atom stereocenters. The summed E-state index contributed by atoms with van der Waals surface area (Å²) in [6.07, 6.45) is 5.20. The molecule has 1 aromatic carbocycles. The van der Waals surface area contributed by atoms with Crippen molar-refractivity contribution < 1.29 is 4.79 Å². The van der Waals surface area contributed by atoms with Gasteiger partial charge in [-0.2, -0.15) is 5.10 Å². The van der Waals surface area contributed by atoms with E-state index >= 15 is 0 Å². The zero-order valence-corrected chi connectivity index (χ0v) is 12.9. The van der Waals surface area contributed by atoms with Crippen LogP contribution in [0, 0.1) is 0 Å². The van der Waals surface area contributed by atoms with Crippen LogP contribution in [0.5, 0.6) is 0 Å². The van der Waals surface area contributed by atoms with Gasteiger partial charge in [0.15, 0.2) is 0 Å². The van der Waals surface area contributed by atoms with Crippen molar-refractivity contribution in [2.45, 2.75) is 13.0 Å². The number of aromatic amines is 1. The maximum atomic E-state index is 12.1. The first-order valence-corrected chi connectivity index (χ1v) is 7.46. The monoisotopic (exact) mass is 321 g/mol. The van der Waals surface area contributed by atoms with E-state index in [1.807, 2.05) is 18.2 Å². The van der Waals surface area contributed by atoms with Gasteiger partial charge in [-0.3, -0.25) is 14.3 Å². The molecule has 0 fully saturated rings. The van der Waals surface area contributed by atoms with Crippen molar-refractivity contribution in [1.82, 2.24) is 24.6 Å². The second-order valence-corrected chi connectivity index (χ2v) is 5.55. The summed E-state index contributed by atoms with van der Waals surface area (Å²) in [6.45, 7) is 1.63. The Hall–Kier alpha value is -3.26. The summed E-state index contributed by atoms with van der Waals surface area (Å²) < 4.78 is 1.73. The van der Waals surface area contributed by atoms with Crippen LogP contribution in [0.3, 0.4) is 0 Å². The number of hydrogen-bond acceptors (Lipinski definition) is 5. The van der Waals surface area contributed by atoms with Gasteiger partial charge in [0, 0.05) is 23.3 Å². The van der Waals surface area contributed by atoms with E-state index in [2.05, 4.69) is 25.5 Å². The maximum Gasteiger partial charge on any atom is 0.242 e. The Bertz CT molecular complexity index is 1050. The van der Waals surface area contributed by atoms with Crippen LogP contribution >= 0.6 is 0 Å². The molecule has 1 amide bonds. The molecule has 4 aromatic rings. The normalized spacial score (nSPS) is 12.6. The Kier molecular flexibility index (Phi) is 3.24. The minimum Gasteiger partial charge on any atom is -0.320 e. The molecule has 0 radical (unpaired) electrons. The molecule has 4 N–H and O–H groups in total. The fraction of sp³-hybridized carbons (Fsp3) is 0.125. The van der Waals surface area contributed by atoms with Gasteiger partial charge in [-0.25, -0.2) is 9.97 Å². The molecule has 8 heteroatoms. The highest BCUT2D eigenvalue weighted by molar-refractivity contribution is 5.98. The Morgan fingerprint density at radius 2 is 2.29 bits per heavy atom. The molecule has 4 rings (SSSR count). The number of benzene rings is 1. The van der Waals surface area contributed by atoms with Gasteiger partial charge in [-0.15, -0.1) is 0 Å². The number of carbonyl (C=O) groups is 1. The standard InChI is InChI=1S/C16H15N7O/c1-9(17)15(24)21-14-13(20-16-18-5-2-6-23(14)16)10-3-4-12-11(7-10)8-19-22-12/h2-9H,17H2,1H3,(H,19,22)(H,21,24)/t9-/m1/s1. The summed E-state index contributed by atoms with van der Waals surface area (Å²) >= 11 is 0. The number of fused-ring (bicyclic) bond motifs is 2. The molecule has 8 nitrogen and oxygen atoms in total. The molecule has 0 saturated heterocycles. The summed E-state index contributed by atoms with van der Waals surface area (Å²) in [5.74, 6) is 0.759. The quantitative estimate of drug-likeness (QED) is 0.530. The van der Waals surface area contributed by atoms with Crippen molar-refractivity contribution in [2.24, 2.45) is 5.73 Å². The Labute approximate surface area is 136 Å². The van der Waals surface area contributed by atoms with Gasteiger partial charge < -0.3 is 11.1 Å². The van der Waals surface area contributed by atoms with Crippen LogP contribution in [0.25, 0.3) is 27.9 Å². The van der Waals surface area contributed by atoms with Crippen LogP contribution < -0.4 is 11.1 Å². The molecule has 3 heterocycles. The van der Waals surface area contributed by atoms with Crippen LogP contribution in [0.2, 0.25) is 0 Å². The van der Waals surface area contributed by atoms with E-state index < -0.39 is 6.04 Å². The number of anilines is 1. The van der Waals surface area contributed by atoms with Crippen LogP contribution in [0.1, 0.15) is 6.92 Å². The smallest absolute Gasteiger partial charge is 0.242 e. The number of amides is 1. The highest BCUT2D eigenvalue weighted by atomic mass is 16.2. The number of rotatable bonds is 3. The zero-order valence-electron chi connectivity index (χ0n) is 12.9. The van der Waals surface area contributed by atoms with Gasteiger partial charge in [-0.05, 0) is 25.1 Å². The van der Waals surface area contributed by atoms with E-state index in [1.54, 1.807) is 36.0 Å². The molecule has 0 aliphatic heterocycles. The lowest BCUT2D eigenvalue weighted by Gasteiger charge is -2.09. The SMILES string of the molecule is C[C@@H](N)C(=O)Nc1c(-c2ccc3[nH]ncc3c2)nc2ncccn12. The van der Waals surface area contributed by atoms with Crippen molar-refractivity contribution >= 4 is 28.4 Å². The number of nitrogens with one attached hydrogen (secondary N) is 2. The number of nitrogens with zero attached hydrogens (tertiary/aromatic N) is 4. The first-order chi connectivity index (χ1) is 11.6. The summed E-state index contributed by atoms with van der Waals surface area (Å²) in [6, 6.07) is 6.95. The summed E-state index contributed by atoms with van der Waals surface area (Å²) in [5.41, 5.74) is 8.09. The third-order valence-electron chi connectivity index (χ3n) is 3.77. The minimum absolute atomic E-state index is 0.286. The number of hydrogen-bond donors (Lipinski definition) is 3. The van der Waals surface area contributed by atoms with Crippen LogP contribution in [0.4, 0.5) is 5.82 Å². The van der Waals surface area contributed by atoms with Crippen LogP contribution in [0.15, 0.2) is 42.9 Å². The van der Waals surface area contributed by atoms with E-state index in [0.717, 1.165) is 16.5 Å². The molecule has 0 saturated carbocycles. The Balaban J connectivity index is 1.91. The number of imidazole rings is 1. The van der Waals surface area contributed by atoms with Crippen LogP contribution in [-0.2, 0) is 4.79 Å². The van der Waals surface area contributed by atoms with E-state index in [-0.39, 0.29) is 5.91 Å². The molecule has 0 aliphatic carbocycles. The fourth-order valence-corrected chi connectivity index (χ4v) is 2.53. The fourth-order valence-electron chi connectivity index (χ4n) is 2.53. The molecule has 3 aromatic heterocycles. The molecule has 0 unspecified atom stereocenters. The highest BCUT2D eigenvalue weighted by Gasteiger charge is 2.18. The lowest BCUT2D eigenvalue weighted by Crippen LogP contribution is -2.33. The molecule has 0 spiro atoms. The Morgan fingerprint density at radius 1 is 1.42 bits per heavy atom. The van der Waals surface area contributed by atoms with Gasteiger partial charge in [0.05, 0.1) is 17.8 Å². The number of H-pyrrole nitrogens is 1. The van der Waals surface area contributed by atoms with Crippen molar-refractivity contribution in [1.29, 1.82) is 0 Å². The predicted molar refractivity (Wildman–Crippen MR) is 90.4 cm³/mol. The molecular weight excluding hydrogens is 306 g/mol. The van der Waals surface area contributed by atoms with E-state index in [0.29, 0.717) is 17.3 Å². The van der Waals surface area contributed by atoms with E-state index in [1.165, 1.54) is 0 Å². The zero-order chi connectivity index (χ0) is 16.7. The van der Waals surface area contributed by atoms with Gasteiger partial charge in [-0.1, -0.05) is 6.07 Å². The molecule has 0 aliphatic rings. The first-order valence-electron chi connectivity index (χ1n) is 7.46. The second kappa shape index (κ2) is 5.43. The van der Waals surface area contributed by atoms with Crippen LogP contribution in [-0.4, -0.2) is 36.5 Å². The minimum atomic E-state index is -0.628. The van der Waals surface area contributed by atoms with Crippen molar-refractivity contribution in [3.63, 3.8) is 0 Å². The maximum absolute atomic E-state index is 12.1. The summed E-state index contributed by atoms with van der Waals surface area (Å²) in [4.78, 5) is 20.9. The number of aromatic nitrogens is 5. The van der Waals surface area contributed by atoms with Crippen molar-refractivity contribution in [3.8, 4) is 11.3 Å². The van der Waals surface area contributed by atoms with Gasteiger partial charge in [0.25, 0.3) is 0 Å². The lowest BCUT2D eigenvalue weighted by atomic mass is 10.1. The molecule has 24 heavy (non-hydrogen) atoms. The Morgan fingerprint density at radius 3 is 3.12 bits per heavy atom.